The predicted octanol–water partition coefficient (Wildman–Crippen LogP) is 37.3. The molecule has 141 heavy (non-hydrogen) atoms. The van der Waals surface area contributed by atoms with E-state index in [1.54, 1.807) is 0 Å². The van der Waals surface area contributed by atoms with Crippen molar-refractivity contribution in [3.63, 3.8) is 0 Å². The van der Waals surface area contributed by atoms with Gasteiger partial charge in [-0.1, -0.05) is 370 Å². The fourth-order valence-corrected chi connectivity index (χ4v) is 26.4. The van der Waals surface area contributed by atoms with Crippen LogP contribution in [0.15, 0.2) is 510 Å². The number of benzene rings is 21. The fourth-order valence-electron chi connectivity index (χ4n) is 22.3. The van der Waals surface area contributed by atoms with Crippen LogP contribution in [0.1, 0.15) is 0 Å². The Morgan fingerprint density at radius 1 is 0.128 bits per heavy atom. The molecule has 0 spiro atoms. The molecule has 0 amide bonds. The molecule has 660 valence electrons. The second-order valence-electron chi connectivity index (χ2n) is 36.4. The largest absolute Gasteiger partial charge is 0.316 e. The van der Waals surface area contributed by atoms with Crippen LogP contribution in [-0.4, -0.2) is 27.4 Å². The zero-order valence-corrected chi connectivity index (χ0v) is 78.9. The van der Waals surface area contributed by atoms with Crippen molar-refractivity contribution < 1.29 is 0 Å². The minimum absolute atomic E-state index is 1.15. The molecule has 0 radical (unpaired) electrons. The number of hydrogen-bond donors (Lipinski definition) is 0. The van der Waals surface area contributed by atoms with Crippen LogP contribution >= 0.6 is 34.0 Å². The van der Waals surface area contributed by atoms with Gasteiger partial charge in [0.05, 0.1) is 60.0 Å². The summed E-state index contributed by atoms with van der Waals surface area (Å²) in [7, 11) is 0. The summed E-state index contributed by atoms with van der Waals surface area (Å²) in [6.45, 7) is 0. The molecule has 0 saturated carbocycles. The molecular formula is C132H84N6S3. The van der Waals surface area contributed by atoms with E-state index in [4.69, 9.17) is 0 Å². The van der Waals surface area contributed by atoms with Crippen molar-refractivity contribution in [2.75, 3.05) is 0 Å². The molecule has 9 aromatic heterocycles. The van der Waals surface area contributed by atoms with Crippen LogP contribution in [0, 0.1) is 0 Å². The Morgan fingerprint density at radius 2 is 0.369 bits per heavy atom. The average molecular weight is 1850 g/mol. The molecule has 9 heterocycles. The third kappa shape index (κ3) is 13.4. The van der Waals surface area contributed by atoms with E-state index in [2.05, 4.69) is 537 Å². The van der Waals surface area contributed by atoms with E-state index in [0.717, 1.165) is 11.4 Å². The fraction of sp³-hybridized carbons (Fsp3) is 0. The lowest BCUT2D eigenvalue weighted by atomic mass is 9.98. The third-order valence-corrected chi connectivity index (χ3v) is 32.6. The highest BCUT2D eigenvalue weighted by molar-refractivity contribution is 7.27. The second-order valence-corrected chi connectivity index (χ2v) is 39.5. The zero-order valence-electron chi connectivity index (χ0n) is 76.4. The summed E-state index contributed by atoms with van der Waals surface area (Å²) < 4.78 is 22.2. The standard InChI is InChI=1S/C50H32N2S.C44H28N2S.C38H24N2S/c1-3-11-33(12-4-1)34-21-23-35(24-22-34)39-16-9-18-43-44-19-10-17-40(50(44)53-49(39)43)36-25-27-37(28-26-36)51-32-31-45-46(51)30-29-42-41-15-7-8-20-47(41)52(48(42)45)38-13-5-2-6-14-38;1-3-11-29(12-4-1)33-16-9-18-37-38-19-10-17-34(44(38)47-43(33)37)30-21-23-31(24-22-30)45-28-27-39-40(45)26-25-36-35-15-7-8-20-41(35)46(42(36)39)32-13-5-2-6-14-32;1-3-11-25(12-4-1)27-16-9-17-30-31-18-10-20-35(38(31)41-37(27)30)39-24-23-32-33(39)22-21-29-28-15-7-8-19-34(28)40(36(29)32)26-13-5-2-6-14-26/h1-32H;1-28H;1-24H. The number of para-hydroxylation sites is 6. The molecule has 0 saturated heterocycles. The van der Waals surface area contributed by atoms with Crippen molar-refractivity contribution >= 4 is 193 Å². The highest BCUT2D eigenvalue weighted by Gasteiger charge is 2.25. The van der Waals surface area contributed by atoms with Gasteiger partial charge in [-0.05, 0) is 188 Å². The molecule has 0 aliphatic rings. The summed E-state index contributed by atoms with van der Waals surface area (Å²) in [6.07, 6.45) is 6.67. The lowest BCUT2D eigenvalue weighted by Gasteiger charge is -2.10. The highest BCUT2D eigenvalue weighted by Crippen LogP contribution is 2.51. The van der Waals surface area contributed by atoms with E-state index in [1.165, 1.54) is 248 Å². The van der Waals surface area contributed by atoms with Crippen molar-refractivity contribution in [2.24, 2.45) is 0 Å². The molecule has 0 fully saturated rings. The molecule has 21 aromatic carbocycles. The first-order valence-corrected chi connectivity index (χ1v) is 50.5. The first-order valence-electron chi connectivity index (χ1n) is 48.1. The van der Waals surface area contributed by atoms with Crippen molar-refractivity contribution in [3.8, 4) is 101 Å². The van der Waals surface area contributed by atoms with Gasteiger partial charge in [0, 0.05) is 151 Å². The average Bonchev–Trinajstić information content (AvgIpc) is 1.57. The van der Waals surface area contributed by atoms with Gasteiger partial charge in [-0.25, -0.2) is 0 Å². The zero-order chi connectivity index (χ0) is 92.7. The third-order valence-electron chi connectivity index (χ3n) is 28.7. The van der Waals surface area contributed by atoms with Crippen molar-refractivity contribution in [1.82, 2.24) is 27.4 Å². The van der Waals surface area contributed by atoms with Crippen molar-refractivity contribution in [1.29, 1.82) is 0 Å². The van der Waals surface area contributed by atoms with E-state index in [9.17, 15) is 0 Å². The van der Waals surface area contributed by atoms with Crippen molar-refractivity contribution in [3.05, 3.63) is 510 Å². The Labute approximate surface area is 824 Å². The van der Waals surface area contributed by atoms with Crippen LogP contribution < -0.4 is 0 Å². The first kappa shape index (κ1) is 81.6. The van der Waals surface area contributed by atoms with Crippen LogP contribution in [-0.2, 0) is 0 Å². The summed E-state index contributed by atoms with van der Waals surface area (Å²) >= 11 is 5.70. The first-order chi connectivity index (χ1) is 70.0. The smallest absolute Gasteiger partial charge is 0.0635 e. The quantitative estimate of drug-likeness (QED) is 0.117. The van der Waals surface area contributed by atoms with E-state index < -0.39 is 0 Å². The number of aromatic nitrogens is 6. The van der Waals surface area contributed by atoms with Gasteiger partial charge in [-0.2, -0.15) is 0 Å². The second kappa shape index (κ2) is 33.6. The van der Waals surface area contributed by atoms with Crippen molar-refractivity contribution in [2.45, 2.75) is 0 Å². The van der Waals surface area contributed by atoms with Gasteiger partial charge in [-0.15, -0.1) is 34.0 Å². The lowest BCUT2D eigenvalue weighted by molar-refractivity contribution is 1.13. The van der Waals surface area contributed by atoms with Crippen LogP contribution in [0.3, 0.4) is 0 Å². The molecule has 6 nitrogen and oxygen atoms in total. The number of hydrogen-bond acceptors (Lipinski definition) is 3. The van der Waals surface area contributed by atoms with Crippen LogP contribution in [0.5, 0.6) is 0 Å². The number of thiophene rings is 3. The van der Waals surface area contributed by atoms with E-state index >= 15 is 0 Å². The molecule has 9 heteroatoms. The monoisotopic (exact) mass is 1850 g/mol. The molecule has 30 rings (SSSR count). The summed E-state index contributed by atoms with van der Waals surface area (Å²) in [4.78, 5) is 0. The highest BCUT2D eigenvalue weighted by atomic mass is 32.1. The molecular weight excluding hydrogens is 1770 g/mol. The molecule has 30 aromatic rings. The molecule has 0 atom stereocenters. The summed E-state index contributed by atoms with van der Waals surface area (Å²) in [5.74, 6) is 0. The van der Waals surface area contributed by atoms with Gasteiger partial charge in [0.25, 0.3) is 0 Å². The van der Waals surface area contributed by atoms with Gasteiger partial charge in [0.1, 0.15) is 0 Å². The number of rotatable bonds is 12. The van der Waals surface area contributed by atoms with Gasteiger partial charge < -0.3 is 27.4 Å². The molecule has 0 unspecified atom stereocenters. The Morgan fingerprint density at radius 3 is 0.709 bits per heavy atom. The number of nitrogens with zero attached hydrogens (tertiary/aromatic N) is 6. The lowest BCUT2D eigenvalue weighted by Crippen LogP contribution is -1.94. The maximum atomic E-state index is 2.42. The van der Waals surface area contributed by atoms with E-state index in [0.29, 0.717) is 0 Å². The van der Waals surface area contributed by atoms with Gasteiger partial charge in [0.15, 0.2) is 0 Å². The molecule has 0 aliphatic heterocycles. The van der Waals surface area contributed by atoms with Crippen LogP contribution in [0.2, 0.25) is 0 Å². The Hall–Kier alpha value is -17.7. The van der Waals surface area contributed by atoms with Gasteiger partial charge in [0.2, 0.25) is 0 Å². The summed E-state index contributed by atoms with van der Waals surface area (Å²) in [5, 5.41) is 19.3. The Bertz CT molecular complexity index is 10100. The van der Waals surface area contributed by atoms with E-state index in [-0.39, 0.29) is 0 Å². The Balaban J connectivity index is 0.000000104. The Kier molecular flexibility index (Phi) is 19.5. The normalized spacial score (nSPS) is 11.8. The van der Waals surface area contributed by atoms with Gasteiger partial charge in [-0.3, -0.25) is 0 Å². The maximum absolute atomic E-state index is 2.42. The maximum Gasteiger partial charge on any atom is 0.0635 e. The van der Waals surface area contributed by atoms with Gasteiger partial charge >= 0.3 is 0 Å². The predicted molar refractivity (Wildman–Crippen MR) is 604 cm³/mol. The van der Waals surface area contributed by atoms with Crippen LogP contribution in [0.4, 0.5) is 0 Å². The molecule has 0 aliphatic carbocycles. The van der Waals surface area contributed by atoms with E-state index in [1.807, 2.05) is 34.0 Å². The number of fused-ring (bicyclic) bond motifs is 24. The molecule has 0 N–H and O–H groups in total. The molecule has 0 bridgehead atoms. The topological polar surface area (TPSA) is 29.6 Å². The SMILES string of the molecule is c1ccc(-c2ccc(-c3cccc4c3sc3c(-c5ccc(-n6ccc7c6ccc6c8ccccc8n(-c8ccccc8)c67)cc5)cccc34)cc2)cc1.c1ccc(-c2cccc3c2sc2c(-c4ccc(-n5ccc6c5ccc5c7ccccc7n(-c7ccccc7)c56)cc4)cccc23)cc1.c1ccc(-c2cccc3c2sc2c(-n4ccc5c4ccc4c6ccccc6n(-c6ccccc6)c45)cccc23)cc1. The minimum Gasteiger partial charge on any atom is -0.316 e. The minimum atomic E-state index is 1.15. The summed E-state index contributed by atoms with van der Waals surface area (Å²) in [5.41, 5.74) is 33.2. The van der Waals surface area contributed by atoms with Crippen LogP contribution in [0.25, 0.3) is 260 Å². The summed E-state index contributed by atoms with van der Waals surface area (Å²) in [6, 6.07) is 178.